The highest BCUT2D eigenvalue weighted by molar-refractivity contribution is 5.86. The molecule has 1 aromatic carbocycles. The van der Waals surface area contributed by atoms with Crippen LogP contribution in [0, 0.1) is 0 Å². The molecule has 1 unspecified atom stereocenters. The monoisotopic (exact) mass is 429 g/mol. The molecule has 0 saturated carbocycles. The van der Waals surface area contributed by atoms with E-state index < -0.39 is 23.7 Å². The van der Waals surface area contributed by atoms with Gasteiger partial charge in [0, 0.05) is 7.34 Å². The molecule has 1 N–H and O–H groups in total. The standard InChI is InChI=1S/C24H31NO4.C2H6.H2/c1-7-12-17-16(8-2)18-13-10-11-14-19(18)20(17)15-28-23(27)25-21(9-3)22(26)29-24(4,5)6;1-2;/h7-8,10-14,20-21H,2,9,15H2,1,3-6H3,(H,25,27);1-2H3;1H/b12-7-;;/t20?,21-;;/m0../s1. The van der Waals surface area contributed by atoms with Crippen LogP contribution in [0.4, 0.5) is 4.79 Å². The average molecular weight is 430 g/mol. The number of rotatable bonds is 7. The molecule has 1 aliphatic rings. The second-order valence-electron chi connectivity index (χ2n) is 7.95. The van der Waals surface area contributed by atoms with Crippen molar-refractivity contribution in [3.63, 3.8) is 0 Å². The topological polar surface area (TPSA) is 64.6 Å². The van der Waals surface area contributed by atoms with Gasteiger partial charge in [0.25, 0.3) is 0 Å². The first-order valence-electron chi connectivity index (χ1n) is 11.0. The van der Waals surface area contributed by atoms with Crippen LogP contribution in [0.5, 0.6) is 0 Å². The average Bonchev–Trinajstić information content (AvgIpc) is 3.03. The Hall–Kier alpha value is -2.82. The fraction of sp³-hybridized carbons (Fsp3) is 0.462. The number of esters is 1. The summed E-state index contributed by atoms with van der Waals surface area (Å²) in [5, 5.41) is 2.62. The van der Waals surface area contributed by atoms with Crippen molar-refractivity contribution in [2.24, 2.45) is 0 Å². The van der Waals surface area contributed by atoms with Crippen molar-refractivity contribution >= 4 is 17.6 Å². The van der Waals surface area contributed by atoms with Gasteiger partial charge in [0.1, 0.15) is 18.2 Å². The van der Waals surface area contributed by atoms with Crippen LogP contribution < -0.4 is 5.32 Å². The molecular weight excluding hydrogens is 390 g/mol. The van der Waals surface area contributed by atoms with Crippen LogP contribution in [0.2, 0.25) is 0 Å². The van der Waals surface area contributed by atoms with Gasteiger partial charge in [0.05, 0.1) is 0 Å². The van der Waals surface area contributed by atoms with Gasteiger partial charge in [-0.25, -0.2) is 9.59 Å². The second-order valence-corrected chi connectivity index (χ2v) is 7.95. The highest BCUT2D eigenvalue weighted by Crippen LogP contribution is 2.43. The smallest absolute Gasteiger partial charge is 0.407 e. The van der Waals surface area contributed by atoms with Crippen molar-refractivity contribution in [1.29, 1.82) is 0 Å². The third-order valence-corrected chi connectivity index (χ3v) is 4.64. The summed E-state index contributed by atoms with van der Waals surface area (Å²) in [6.07, 6.45) is 5.61. The predicted octanol–water partition coefficient (Wildman–Crippen LogP) is 6.42. The molecule has 0 heterocycles. The molecule has 1 amide bonds. The highest BCUT2D eigenvalue weighted by Gasteiger charge is 2.30. The molecular formula is C26H39NO4. The minimum Gasteiger partial charge on any atom is -0.458 e. The van der Waals surface area contributed by atoms with Gasteiger partial charge in [0.2, 0.25) is 0 Å². The van der Waals surface area contributed by atoms with Gasteiger partial charge >= 0.3 is 12.1 Å². The van der Waals surface area contributed by atoms with Crippen molar-refractivity contribution in [2.75, 3.05) is 6.61 Å². The number of carbonyl (C=O) groups is 2. The SMILES string of the molecule is C=CC1=C(/C=C\C)C(COC(=O)N[C@@H](CC)C(=O)OC(C)(C)C)c2ccccc21.CC.[HH]. The van der Waals surface area contributed by atoms with Crippen LogP contribution in [0.3, 0.4) is 0 Å². The maximum absolute atomic E-state index is 12.4. The van der Waals surface area contributed by atoms with Crippen LogP contribution in [0.15, 0.2) is 54.6 Å². The number of alkyl carbamates (subject to hydrolysis) is 1. The van der Waals surface area contributed by atoms with Crippen LogP contribution in [0.25, 0.3) is 5.57 Å². The molecule has 2 atom stereocenters. The van der Waals surface area contributed by atoms with Gasteiger partial charge < -0.3 is 14.8 Å². The maximum atomic E-state index is 12.4. The van der Waals surface area contributed by atoms with Gasteiger partial charge in [0.15, 0.2) is 0 Å². The molecule has 0 saturated heterocycles. The Morgan fingerprint density at radius 3 is 2.45 bits per heavy atom. The Morgan fingerprint density at radius 2 is 1.90 bits per heavy atom. The molecule has 172 valence electrons. The van der Waals surface area contributed by atoms with E-state index in [-0.39, 0.29) is 14.0 Å². The minimum atomic E-state index is -0.744. The Labute approximate surface area is 188 Å². The number of allylic oxidation sites excluding steroid dienone is 4. The lowest BCUT2D eigenvalue weighted by Gasteiger charge is -2.24. The molecule has 5 heteroatoms. The fourth-order valence-corrected chi connectivity index (χ4v) is 3.39. The zero-order valence-corrected chi connectivity index (χ0v) is 20.0. The number of carbonyl (C=O) groups excluding carboxylic acids is 2. The predicted molar refractivity (Wildman–Crippen MR) is 129 cm³/mol. The third kappa shape index (κ3) is 7.12. The van der Waals surface area contributed by atoms with Gasteiger partial charge in [-0.2, -0.15) is 0 Å². The van der Waals surface area contributed by atoms with E-state index in [0.717, 1.165) is 22.3 Å². The van der Waals surface area contributed by atoms with E-state index in [1.807, 2.05) is 70.2 Å². The lowest BCUT2D eigenvalue weighted by atomic mass is 9.96. The molecule has 5 nitrogen and oxygen atoms in total. The molecule has 2 rings (SSSR count). The molecule has 0 radical (unpaired) electrons. The van der Waals surface area contributed by atoms with E-state index in [1.54, 1.807) is 20.8 Å². The summed E-state index contributed by atoms with van der Waals surface area (Å²) in [5.41, 5.74) is 3.70. The van der Waals surface area contributed by atoms with E-state index in [0.29, 0.717) is 6.42 Å². The largest absolute Gasteiger partial charge is 0.458 e. The van der Waals surface area contributed by atoms with Crippen LogP contribution in [-0.4, -0.2) is 30.3 Å². The highest BCUT2D eigenvalue weighted by atomic mass is 16.6. The van der Waals surface area contributed by atoms with Crippen LogP contribution >= 0.6 is 0 Å². The summed E-state index contributed by atoms with van der Waals surface area (Å²) in [4.78, 5) is 24.6. The Bertz CT molecular complexity index is 836. The Kier molecular flexibility index (Phi) is 10.3. The summed E-state index contributed by atoms with van der Waals surface area (Å²) >= 11 is 0. The van der Waals surface area contributed by atoms with Crippen LogP contribution in [-0.2, 0) is 14.3 Å². The summed E-state index contributed by atoms with van der Waals surface area (Å²) < 4.78 is 10.9. The molecule has 0 fully saturated rings. The number of nitrogens with one attached hydrogen (secondary N) is 1. The van der Waals surface area contributed by atoms with Crippen LogP contribution in [0.1, 0.15) is 73.4 Å². The molecule has 0 aliphatic heterocycles. The van der Waals surface area contributed by atoms with Gasteiger partial charge in [-0.1, -0.05) is 69.8 Å². The van der Waals surface area contributed by atoms with Gasteiger partial charge in [-0.3, -0.25) is 0 Å². The number of benzene rings is 1. The van der Waals surface area contributed by atoms with E-state index in [1.165, 1.54) is 0 Å². The van der Waals surface area contributed by atoms with Crippen molar-refractivity contribution < 1.29 is 20.5 Å². The third-order valence-electron chi connectivity index (χ3n) is 4.64. The summed E-state index contributed by atoms with van der Waals surface area (Å²) in [7, 11) is 0. The summed E-state index contributed by atoms with van der Waals surface area (Å²) in [6, 6.07) is 7.30. The number of amides is 1. The molecule has 31 heavy (non-hydrogen) atoms. The first-order chi connectivity index (χ1) is 14.7. The van der Waals surface area contributed by atoms with Crippen molar-refractivity contribution in [3.8, 4) is 0 Å². The number of hydrogen-bond donors (Lipinski definition) is 1. The normalized spacial score (nSPS) is 16.2. The number of ether oxygens (including phenoxy) is 2. The quantitative estimate of drug-likeness (QED) is 0.508. The number of hydrogen-bond acceptors (Lipinski definition) is 4. The van der Waals surface area contributed by atoms with Gasteiger partial charge in [-0.05, 0) is 56.4 Å². The van der Waals surface area contributed by atoms with Crippen molar-refractivity contribution in [2.45, 2.75) is 72.4 Å². The van der Waals surface area contributed by atoms with E-state index in [4.69, 9.17) is 9.47 Å². The molecule has 1 aliphatic carbocycles. The summed E-state index contributed by atoms with van der Waals surface area (Å²) in [5.74, 6) is -0.547. The van der Waals surface area contributed by atoms with Gasteiger partial charge in [-0.15, -0.1) is 0 Å². The lowest BCUT2D eigenvalue weighted by molar-refractivity contribution is -0.157. The van der Waals surface area contributed by atoms with E-state index >= 15 is 0 Å². The fourth-order valence-electron chi connectivity index (χ4n) is 3.39. The second kappa shape index (κ2) is 12.1. The minimum absolute atomic E-state index is 0. The molecule has 0 bridgehead atoms. The first kappa shape index (κ1) is 26.2. The Balaban J connectivity index is 0.00000311. The zero-order chi connectivity index (χ0) is 23.6. The van der Waals surface area contributed by atoms with E-state index in [2.05, 4.69) is 11.9 Å². The molecule has 0 aromatic heterocycles. The molecule has 0 spiro atoms. The molecule has 1 aromatic rings. The summed E-state index contributed by atoms with van der Waals surface area (Å²) in [6.45, 7) is 17.2. The zero-order valence-electron chi connectivity index (χ0n) is 20.0. The van der Waals surface area contributed by atoms with Crippen molar-refractivity contribution in [1.82, 2.24) is 5.32 Å². The Morgan fingerprint density at radius 1 is 1.26 bits per heavy atom. The number of fused-ring (bicyclic) bond motifs is 1. The maximum Gasteiger partial charge on any atom is 0.407 e. The van der Waals surface area contributed by atoms with Crippen molar-refractivity contribution in [3.05, 3.63) is 65.8 Å². The lowest BCUT2D eigenvalue weighted by Crippen LogP contribution is -2.44. The first-order valence-corrected chi connectivity index (χ1v) is 11.0. The van der Waals surface area contributed by atoms with E-state index in [9.17, 15) is 9.59 Å².